The molecule has 1 aliphatic rings. The summed E-state index contributed by atoms with van der Waals surface area (Å²) < 4.78 is 0. The van der Waals surface area contributed by atoms with Crippen LogP contribution in [0.4, 0.5) is 4.79 Å². The molecule has 52 valence electrons. The number of urea groups is 1. The van der Waals surface area contributed by atoms with Crippen molar-refractivity contribution in [3.8, 4) is 0 Å². The van der Waals surface area contributed by atoms with Crippen molar-refractivity contribution in [2.24, 2.45) is 0 Å². The summed E-state index contributed by atoms with van der Waals surface area (Å²) in [5.74, 6) is 0. The van der Waals surface area contributed by atoms with Crippen molar-refractivity contribution in [3.63, 3.8) is 0 Å². The molecule has 0 bridgehead atoms. The smallest absolute Gasteiger partial charge is 0.319 e. The Morgan fingerprint density at radius 2 is 2.22 bits per heavy atom. The Hall–Kier alpha value is -0.770. The fourth-order valence-corrected chi connectivity index (χ4v) is 0.814. The summed E-state index contributed by atoms with van der Waals surface area (Å²) in [6.45, 7) is 1.37. The second-order valence-corrected chi connectivity index (χ2v) is 2.34. The zero-order valence-corrected chi connectivity index (χ0v) is 5.72. The molecule has 1 rings (SSSR count). The predicted octanol–water partition coefficient (Wildman–Crippen LogP) is -0.512. The van der Waals surface area contributed by atoms with Crippen LogP contribution in [0.3, 0.4) is 0 Å². The number of nitrogens with one attached hydrogen (secondary N) is 1. The third-order valence-corrected chi connectivity index (χ3v) is 1.30. The first-order valence-corrected chi connectivity index (χ1v) is 2.87. The SMILES string of the molecule is CN1CNC(=O)N(C)C1. The maximum atomic E-state index is 10.7. The van der Waals surface area contributed by atoms with Crippen LogP contribution in [0, 0.1) is 0 Å². The molecule has 1 fully saturated rings. The molecule has 4 heteroatoms. The van der Waals surface area contributed by atoms with Gasteiger partial charge in [-0.1, -0.05) is 0 Å². The number of nitrogens with zero attached hydrogens (tertiary/aromatic N) is 2. The molecule has 2 amide bonds. The lowest BCUT2D eigenvalue weighted by Crippen LogP contribution is -2.52. The zero-order chi connectivity index (χ0) is 6.85. The van der Waals surface area contributed by atoms with Crippen molar-refractivity contribution >= 4 is 6.03 Å². The summed E-state index contributed by atoms with van der Waals surface area (Å²) in [5.41, 5.74) is 0. The number of carbonyl (C=O) groups is 1. The quantitative estimate of drug-likeness (QED) is 0.478. The second kappa shape index (κ2) is 2.23. The average molecular weight is 129 g/mol. The Morgan fingerprint density at radius 3 is 2.67 bits per heavy atom. The first kappa shape index (κ1) is 6.35. The van der Waals surface area contributed by atoms with Crippen LogP contribution in [0.1, 0.15) is 0 Å². The summed E-state index contributed by atoms with van der Waals surface area (Å²) in [6, 6.07) is 0.00750. The number of carbonyl (C=O) groups excluding carboxylic acids is 1. The molecule has 1 N–H and O–H groups in total. The van der Waals surface area contributed by atoms with E-state index in [2.05, 4.69) is 5.32 Å². The maximum Gasteiger partial charge on any atom is 0.319 e. The van der Waals surface area contributed by atoms with Gasteiger partial charge >= 0.3 is 6.03 Å². The minimum Gasteiger partial charge on any atom is -0.325 e. The van der Waals surface area contributed by atoms with Crippen molar-refractivity contribution < 1.29 is 4.79 Å². The van der Waals surface area contributed by atoms with Gasteiger partial charge in [-0.05, 0) is 7.05 Å². The molecule has 0 aromatic rings. The van der Waals surface area contributed by atoms with Crippen LogP contribution in [0.5, 0.6) is 0 Å². The highest BCUT2D eigenvalue weighted by Crippen LogP contribution is 1.92. The van der Waals surface area contributed by atoms with E-state index in [1.54, 1.807) is 11.9 Å². The van der Waals surface area contributed by atoms with Crippen LogP contribution in [-0.4, -0.2) is 43.3 Å². The molecule has 4 nitrogen and oxygen atoms in total. The van der Waals surface area contributed by atoms with Crippen molar-refractivity contribution in [1.82, 2.24) is 15.1 Å². The highest BCUT2D eigenvalue weighted by molar-refractivity contribution is 5.74. The van der Waals surface area contributed by atoms with Gasteiger partial charge in [-0.3, -0.25) is 4.90 Å². The Balaban J connectivity index is 2.44. The predicted molar refractivity (Wildman–Crippen MR) is 33.8 cm³/mol. The average Bonchev–Trinajstić information content (AvgIpc) is 1.80. The Kier molecular flexibility index (Phi) is 1.57. The molecule has 0 aromatic heterocycles. The zero-order valence-electron chi connectivity index (χ0n) is 5.72. The molecule has 0 aliphatic carbocycles. The van der Waals surface area contributed by atoms with Gasteiger partial charge in [-0.15, -0.1) is 0 Å². The molecule has 0 atom stereocenters. The van der Waals surface area contributed by atoms with Gasteiger partial charge in [0.15, 0.2) is 0 Å². The lowest BCUT2D eigenvalue weighted by Gasteiger charge is -2.30. The molecule has 1 heterocycles. The molecule has 0 aromatic carbocycles. The summed E-state index contributed by atoms with van der Waals surface area (Å²) >= 11 is 0. The van der Waals surface area contributed by atoms with Crippen LogP contribution >= 0.6 is 0 Å². The third-order valence-electron chi connectivity index (χ3n) is 1.30. The van der Waals surface area contributed by atoms with Crippen molar-refractivity contribution in [2.75, 3.05) is 27.4 Å². The third kappa shape index (κ3) is 1.32. The number of rotatable bonds is 0. The maximum absolute atomic E-state index is 10.7. The molecule has 0 spiro atoms. The van der Waals surface area contributed by atoms with E-state index in [-0.39, 0.29) is 6.03 Å². The van der Waals surface area contributed by atoms with Gasteiger partial charge in [0, 0.05) is 7.05 Å². The molecule has 1 aliphatic heterocycles. The van der Waals surface area contributed by atoms with E-state index in [9.17, 15) is 4.79 Å². The Labute approximate surface area is 54.4 Å². The van der Waals surface area contributed by atoms with Crippen molar-refractivity contribution in [2.45, 2.75) is 0 Å². The van der Waals surface area contributed by atoms with Gasteiger partial charge in [-0.2, -0.15) is 0 Å². The minimum atomic E-state index is 0.00750. The van der Waals surface area contributed by atoms with E-state index in [0.29, 0.717) is 13.3 Å². The summed E-state index contributed by atoms with van der Waals surface area (Å²) in [7, 11) is 3.72. The highest BCUT2D eigenvalue weighted by Gasteiger charge is 2.15. The fraction of sp³-hybridized carbons (Fsp3) is 0.800. The van der Waals surface area contributed by atoms with Crippen LogP contribution in [0.2, 0.25) is 0 Å². The van der Waals surface area contributed by atoms with Crippen molar-refractivity contribution in [1.29, 1.82) is 0 Å². The topological polar surface area (TPSA) is 35.6 Å². The van der Waals surface area contributed by atoms with Gasteiger partial charge < -0.3 is 10.2 Å². The van der Waals surface area contributed by atoms with Gasteiger partial charge in [0.2, 0.25) is 0 Å². The first-order valence-electron chi connectivity index (χ1n) is 2.87. The van der Waals surface area contributed by atoms with E-state index >= 15 is 0 Å². The first-order chi connectivity index (χ1) is 4.20. The number of amides is 2. The molecular formula is C5H11N3O. The van der Waals surface area contributed by atoms with E-state index in [0.717, 1.165) is 0 Å². The minimum absolute atomic E-state index is 0.00750. The molecule has 0 saturated carbocycles. The molecule has 0 unspecified atom stereocenters. The van der Waals surface area contributed by atoms with E-state index in [4.69, 9.17) is 0 Å². The van der Waals surface area contributed by atoms with E-state index in [1.807, 2.05) is 11.9 Å². The summed E-state index contributed by atoms with van der Waals surface area (Å²) in [4.78, 5) is 14.4. The van der Waals surface area contributed by atoms with E-state index < -0.39 is 0 Å². The Bertz CT molecular complexity index is 125. The lowest BCUT2D eigenvalue weighted by molar-refractivity contribution is 0.134. The van der Waals surface area contributed by atoms with Crippen LogP contribution in [-0.2, 0) is 0 Å². The van der Waals surface area contributed by atoms with Crippen LogP contribution < -0.4 is 5.32 Å². The van der Waals surface area contributed by atoms with Gasteiger partial charge in [0.1, 0.15) is 0 Å². The standard InChI is InChI=1S/C5H11N3O/c1-7-3-6-5(9)8(2)4-7/h3-4H2,1-2H3,(H,6,9). The molecule has 9 heavy (non-hydrogen) atoms. The number of hydrogen-bond donors (Lipinski definition) is 1. The molecule has 0 radical (unpaired) electrons. The van der Waals surface area contributed by atoms with Crippen molar-refractivity contribution in [3.05, 3.63) is 0 Å². The van der Waals surface area contributed by atoms with E-state index in [1.165, 1.54) is 0 Å². The van der Waals surface area contributed by atoms with Crippen LogP contribution in [0.15, 0.2) is 0 Å². The second-order valence-electron chi connectivity index (χ2n) is 2.34. The molecular weight excluding hydrogens is 118 g/mol. The van der Waals surface area contributed by atoms with Crippen LogP contribution in [0.25, 0.3) is 0 Å². The molecule has 1 saturated heterocycles. The fourth-order valence-electron chi connectivity index (χ4n) is 0.814. The number of hydrogen-bond acceptors (Lipinski definition) is 2. The van der Waals surface area contributed by atoms with Gasteiger partial charge in [-0.25, -0.2) is 4.79 Å². The monoisotopic (exact) mass is 129 g/mol. The summed E-state index contributed by atoms with van der Waals surface area (Å²) in [5, 5.41) is 2.69. The van der Waals surface area contributed by atoms with Gasteiger partial charge in [0.25, 0.3) is 0 Å². The van der Waals surface area contributed by atoms with Gasteiger partial charge in [0.05, 0.1) is 13.3 Å². The normalized spacial score (nSPS) is 22.0. The Morgan fingerprint density at radius 1 is 1.56 bits per heavy atom. The highest BCUT2D eigenvalue weighted by atomic mass is 16.2. The largest absolute Gasteiger partial charge is 0.325 e. The summed E-state index contributed by atoms with van der Waals surface area (Å²) in [6.07, 6.45) is 0. The lowest BCUT2D eigenvalue weighted by atomic mass is 10.6.